The molecule has 0 bridgehead atoms. The van der Waals surface area contributed by atoms with Gasteiger partial charge in [-0.3, -0.25) is 33.6 Å². The van der Waals surface area contributed by atoms with Crippen molar-refractivity contribution in [3.63, 3.8) is 0 Å². The molecule has 1 aliphatic heterocycles. The number of pyridine rings is 1. The molecular formula is C54H76FN9O14. The van der Waals surface area contributed by atoms with Crippen molar-refractivity contribution < 1.29 is 66.9 Å². The first-order chi connectivity index (χ1) is 36.7. The number of anilines is 2. The second-order valence-corrected chi connectivity index (χ2v) is 20.9. The third-order valence-electron chi connectivity index (χ3n) is 12.3. The number of esters is 1. The van der Waals surface area contributed by atoms with Crippen LogP contribution in [0.25, 0.3) is 10.9 Å². The van der Waals surface area contributed by atoms with Gasteiger partial charge >= 0.3 is 24.1 Å². The number of carboxylic acids is 1. The Morgan fingerprint density at radius 3 is 2.05 bits per heavy atom. The summed E-state index contributed by atoms with van der Waals surface area (Å²) in [4.78, 5) is 134. The summed E-state index contributed by atoms with van der Waals surface area (Å²) >= 11 is 0. The van der Waals surface area contributed by atoms with Gasteiger partial charge in [0.05, 0.1) is 17.8 Å². The molecule has 0 spiro atoms. The number of hydrogen-bond donors (Lipinski definition) is 6. The molecule has 2 aromatic carbocycles. The number of nitrogens with zero attached hydrogens (tertiary/aromatic N) is 4. The first-order valence-electron chi connectivity index (χ1n) is 26.1. The normalized spacial score (nSPS) is 13.7. The number of aromatic nitrogens is 1. The van der Waals surface area contributed by atoms with E-state index in [-0.39, 0.29) is 107 Å². The molecule has 1 saturated heterocycles. The van der Waals surface area contributed by atoms with Crippen LogP contribution in [0.3, 0.4) is 0 Å². The first-order valence-corrected chi connectivity index (χ1v) is 26.1. The van der Waals surface area contributed by atoms with Crippen LogP contribution in [0.1, 0.15) is 110 Å². The number of carbonyl (C=O) groups is 9. The van der Waals surface area contributed by atoms with Gasteiger partial charge in [0.2, 0.25) is 35.0 Å². The molecule has 3 atom stereocenters. The lowest BCUT2D eigenvalue weighted by atomic mass is 10.0. The SMILES string of the molecule is CCn1cc(C(=O)O)c(=O)c2cc(F)c(N3CCN(C(=O)OCc4ccc(NC(=O)[C@H](CCNC(=O)OC(C)(C)C)NC(=O)[C@@H](NC(=O)[C@H](CCC(=O)OCC(C)C)NC(=O)CCCC(=O)N(C)C)C(C)C)cc4)CC3)cc21. The maximum atomic E-state index is 15.5. The number of piperazine rings is 1. The maximum Gasteiger partial charge on any atom is 0.410 e. The number of fused-ring (bicyclic) bond motifs is 1. The average molecular weight is 1090 g/mol. The number of amides is 7. The minimum absolute atomic E-state index is 0.0518. The summed E-state index contributed by atoms with van der Waals surface area (Å²) in [5.74, 6) is -6.16. The van der Waals surface area contributed by atoms with Crippen molar-refractivity contribution >= 4 is 75.9 Å². The van der Waals surface area contributed by atoms with Crippen molar-refractivity contribution in [2.75, 3.05) is 63.6 Å². The van der Waals surface area contributed by atoms with Gasteiger partial charge in [-0.15, -0.1) is 0 Å². The van der Waals surface area contributed by atoms with Crippen molar-refractivity contribution in [1.29, 1.82) is 0 Å². The number of rotatable bonds is 25. The standard InChI is InChI=1S/C54H76FN9O14/c1-11-62-29-37(51(72)73)47(68)36-27-38(55)42(28-41(36)62)63-23-25-64(26-24-63)53(75)77-31-34-15-17-35(18-16-34)57-48(69)40(21-22-56-52(74)78-54(6,7)8)59-50(71)46(33(4)5)60-49(70)39(19-20-45(67)76-30-32(2)3)58-43(65)13-12-14-44(66)61(9)10/h15-18,27-29,32-33,39-40,46H,11-14,19-26,30-31H2,1-10H3,(H,56,74)(H,57,69)(H,58,65)(H,59,71)(H,60,70)(H,72,73)/t39-,40-,46-/m0/s1. The molecule has 0 saturated carbocycles. The fraction of sp³-hybridized carbons (Fsp3) is 0.556. The van der Waals surface area contributed by atoms with Crippen LogP contribution >= 0.6 is 0 Å². The molecule has 1 aliphatic rings. The number of hydrogen-bond acceptors (Lipinski definition) is 14. The number of nitrogens with one attached hydrogen (secondary N) is 5. The van der Waals surface area contributed by atoms with E-state index < -0.39 is 94.2 Å². The number of ether oxygens (including phenoxy) is 3. The van der Waals surface area contributed by atoms with Crippen molar-refractivity contribution in [3.8, 4) is 0 Å². The quantitative estimate of drug-likeness (QED) is 0.0502. The van der Waals surface area contributed by atoms with Gasteiger partial charge in [-0.25, -0.2) is 18.8 Å². The molecule has 3 aromatic rings. The minimum Gasteiger partial charge on any atom is -0.477 e. The molecule has 78 heavy (non-hydrogen) atoms. The van der Waals surface area contributed by atoms with Crippen molar-refractivity contribution in [3.05, 3.63) is 69.8 Å². The smallest absolute Gasteiger partial charge is 0.410 e. The number of benzene rings is 2. The first kappa shape index (κ1) is 62.7. The van der Waals surface area contributed by atoms with Gasteiger partial charge < -0.3 is 65.2 Å². The highest BCUT2D eigenvalue weighted by Gasteiger charge is 2.33. The predicted molar refractivity (Wildman–Crippen MR) is 287 cm³/mol. The average Bonchev–Trinajstić information content (AvgIpc) is 3.38. The van der Waals surface area contributed by atoms with E-state index in [0.29, 0.717) is 23.3 Å². The number of aryl methyl sites for hydroxylation is 1. The Hall–Kier alpha value is -7.79. The summed E-state index contributed by atoms with van der Waals surface area (Å²) in [6.45, 7) is 14.9. The molecule has 428 valence electrons. The van der Waals surface area contributed by atoms with E-state index >= 15 is 4.39 Å². The molecule has 4 rings (SSSR count). The van der Waals surface area contributed by atoms with E-state index in [1.165, 1.54) is 22.1 Å². The number of carboxylic acid groups (broad SMARTS) is 1. The van der Waals surface area contributed by atoms with Crippen molar-refractivity contribution in [2.24, 2.45) is 11.8 Å². The molecule has 1 fully saturated rings. The van der Waals surface area contributed by atoms with Crippen LogP contribution in [0.2, 0.25) is 0 Å². The lowest BCUT2D eigenvalue weighted by Gasteiger charge is -2.35. The molecule has 23 nitrogen and oxygen atoms in total. The minimum atomic E-state index is -1.41. The fourth-order valence-electron chi connectivity index (χ4n) is 8.04. The molecule has 0 radical (unpaired) electrons. The fourth-order valence-corrected chi connectivity index (χ4v) is 8.04. The van der Waals surface area contributed by atoms with E-state index in [1.54, 1.807) is 89.4 Å². The molecule has 0 aliphatic carbocycles. The van der Waals surface area contributed by atoms with Gasteiger partial charge in [-0.1, -0.05) is 39.8 Å². The van der Waals surface area contributed by atoms with Gasteiger partial charge in [0, 0.05) is 89.9 Å². The van der Waals surface area contributed by atoms with Gasteiger partial charge in [0.25, 0.3) is 0 Å². The van der Waals surface area contributed by atoms with Crippen LogP contribution < -0.4 is 36.9 Å². The van der Waals surface area contributed by atoms with Crippen molar-refractivity contribution in [2.45, 2.75) is 131 Å². The van der Waals surface area contributed by atoms with Crippen LogP contribution in [-0.4, -0.2) is 150 Å². The molecule has 7 amide bonds. The Balaban J connectivity index is 1.41. The maximum absolute atomic E-state index is 15.5. The third kappa shape index (κ3) is 19.3. The summed E-state index contributed by atoms with van der Waals surface area (Å²) in [6, 6.07) is 5.08. The molecule has 24 heteroatoms. The Bertz CT molecular complexity index is 2700. The zero-order valence-electron chi connectivity index (χ0n) is 46.2. The molecule has 0 unspecified atom stereocenters. The van der Waals surface area contributed by atoms with Crippen LogP contribution in [0, 0.1) is 17.7 Å². The largest absolute Gasteiger partial charge is 0.477 e. The molecule has 1 aromatic heterocycles. The van der Waals surface area contributed by atoms with Crippen LogP contribution in [0.4, 0.5) is 25.4 Å². The number of carbonyl (C=O) groups excluding carboxylic acids is 8. The Morgan fingerprint density at radius 2 is 1.46 bits per heavy atom. The summed E-state index contributed by atoms with van der Waals surface area (Å²) in [5.41, 5.74) is -0.615. The lowest BCUT2D eigenvalue weighted by molar-refractivity contribution is -0.145. The Labute approximate surface area is 453 Å². The number of aromatic carboxylic acids is 1. The third-order valence-corrected chi connectivity index (χ3v) is 12.3. The summed E-state index contributed by atoms with van der Waals surface area (Å²) < 4.78 is 33.2. The molecule has 2 heterocycles. The second kappa shape index (κ2) is 29.1. The monoisotopic (exact) mass is 1090 g/mol. The topological polar surface area (TPSA) is 293 Å². The number of alkyl carbamates (subject to hydrolysis) is 1. The summed E-state index contributed by atoms with van der Waals surface area (Å²) in [7, 11) is 3.18. The van der Waals surface area contributed by atoms with E-state index in [1.807, 2.05) is 13.8 Å². The van der Waals surface area contributed by atoms with Crippen LogP contribution in [-0.2, 0) is 56.1 Å². The van der Waals surface area contributed by atoms with Gasteiger partial charge in [-0.2, -0.15) is 0 Å². The highest BCUT2D eigenvalue weighted by molar-refractivity contribution is 5.99. The zero-order valence-corrected chi connectivity index (χ0v) is 46.2. The Kier molecular flexibility index (Phi) is 23.4. The van der Waals surface area contributed by atoms with E-state index in [9.17, 15) is 53.1 Å². The van der Waals surface area contributed by atoms with E-state index in [2.05, 4.69) is 26.6 Å². The van der Waals surface area contributed by atoms with Gasteiger partial charge in [0.15, 0.2) is 0 Å². The summed E-state index contributed by atoms with van der Waals surface area (Å²) in [5, 5.41) is 22.7. The Morgan fingerprint density at radius 1 is 0.808 bits per heavy atom. The highest BCUT2D eigenvalue weighted by atomic mass is 19.1. The zero-order chi connectivity index (χ0) is 58.0. The predicted octanol–water partition coefficient (Wildman–Crippen LogP) is 4.52. The van der Waals surface area contributed by atoms with Crippen molar-refractivity contribution in [1.82, 2.24) is 35.6 Å². The molecular weight excluding hydrogens is 1020 g/mol. The highest BCUT2D eigenvalue weighted by Crippen LogP contribution is 2.27. The van der Waals surface area contributed by atoms with E-state index in [4.69, 9.17) is 14.2 Å². The number of halogens is 1. The lowest BCUT2D eigenvalue weighted by Crippen LogP contribution is -2.58. The second-order valence-electron chi connectivity index (χ2n) is 20.9. The van der Waals surface area contributed by atoms with Crippen LogP contribution in [0.15, 0.2) is 47.4 Å². The van der Waals surface area contributed by atoms with Crippen LogP contribution in [0.5, 0.6) is 0 Å². The van der Waals surface area contributed by atoms with Gasteiger partial charge in [0.1, 0.15) is 41.7 Å². The molecule has 6 N–H and O–H groups in total. The van der Waals surface area contributed by atoms with E-state index in [0.717, 1.165) is 6.07 Å². The summed E-state index contributed by atoms with van der Waals surface area (Å²) in [6.07, 6.45) is -0.451. The van der Waals surface area contributed by atoms with Gasteiger partial charge in [-0.05, 0) is 88.6 Å².